The minimum atomic E-state index is -3.85. The van der Waals surface area contributed by atoms with E-state index in [9.17, 15) is 21.6 Å². The Morgan fingerprint density at radius 3 is 2.58 bits per heavy atom. The minimum absolute atomic E-state index is 0.0500. The van der Waals surface area contributed by atoms with Crippen molar-refractivity contribution in [1.29, 1.82) is 0 Å². The molecule has 1 aliphatic heterocycles. The average Bonchev–Trinajstić information content (AvgIpc) is 2.79. The molecular weight excluding hydrogens is 378 g/mol. The molecule has 0 aliphatic carbocycles. The highest BCUT2D eigenvalue weighted by molar-refractivity contribution is 7.91. The van der Waals surface area contributed by atoms with E-state index in [0.717, 1.165) is 4.31 Å². The molecule has 0 N–H and O–H groups in total. The molecule has 0 amide bonds. The van der Waals surface area contributed by atoms with Gasteiger partial charge in [0.15, 0.2) is 15.6 Å². The molecule has 2 rings (SSSR count). The van der Waals surface area contributed by atoms with E-state index in [1.165, 1.54) is 32.3 Å². The number of sulfonamides is 1. The van der Waals surface area contributed by atoms with E-state index in [4.69, 9.17) is 16.3 Å². The second-order valence-electron chi connectivity index (χ2n) is 5.83. The number of sulfone groups is 1. The Morgan fingerprint density at radius 1 is 1.38 bits per heavy atom. The molecular formula is C14H18ClNO6S2. The quantitative estimate of drug-likeness (QED) is 0.551. The fraction of sp³-hybridized carbons (Fsp3) is 0.500. The third kappa shape index (κ3) is 4.47. The molecule has 1 aromatic rings. The molecule has 0 radical (unpaired) electrons. The molecule has 0 spiro atoms. The number of benzene rings is 1. The number of carbonyl (C=O) groups is 1. The summed E-state index contributed by atoms with van der Waals surface area (Å²) >= 11 is 5.84. The van der Waals surface area contributed by atoms with Gasteiger partial charge < -0.3 is 4.74 Å². The monoisotopic (exact) mass is 395 g/mol. The summed E-state index contributed by atoms with van der Waals surface area (Å²) in [7, 11) is -4.23. The fourth-order valence-electron chi connectivity index (χ4n) is 2.40. The Balaban J connectivity index is 2.19. The van der Waals surface area contributed by atoms with E-state index in [0.29, 0.717) is 6.42 Å². The van der Waals surface area contributed by atoms with Gasteiger partial charge in [-0.15, -0.1) is 0 Å². The number of ether oxygens (including phenoxy) is 1. The molecule has 1 aliphatic rings. The molecule has 1 saturated heterocycles. The molecule has 24 heavy (non-hydrogen) atoms. The smallest absolute Gasteiger partial charge is 0.311 e. The highest BCUT2D eigenvalue weighted by Crippen LogP contribution is 2.30. The van der Waals surface area contributed by atoms with Gasteiger partial charge in [-0.1, -0.05) is 11.6 Å². The summed E-state index contributed by atoms with van der Waals surface area (Å²) in [6.07, 6.45) is 0.324. The van der Waals surface area contributed by atoms with Crippen LogP contribution in [0.3, 0.4) is 0 Å². The van der Waals surface area contributed by atoms with Crippen LogP contribution in [0.25, 0.3) is 0 Å². The van der Waals surface area contributed by atoms with Gasteiger partial charge in [0.25, 0.3) is 0 Å². The number of rotatable bonds is 5. The van der Waals surface area contributed by atoms with E-state index in [2.05, 4.69) is 0 Å². The number of nitrogens with zero attached hydrogens (tertiary/aromatic N) is 1. The second-order valence-corrected chi connectivity index (χ2v) is 10.6. The van der Waals surface area contributed by atoms with Crippen LogP contribution in [0.2, 0.25) is 5.02 Å². The van der Waals surface area contributed by atoms with Crippen molar-refractivity contribution >= 4 is 37.4 Å². The summed E-state index contributed by atoms with van der Waals surface area (Å²) < 4.78 is 53.6. The van der Waals surface area contributed by atoms with E-state index >= 15 is 0 Å². The number of hydrogen-bond donors (Lipinski definition) is 0. The van der Waals surface area contributed by atoms with Crippen LogP contribution >= 0.6 is 11.6 Å². The molecule has 0 aromatic heterocycles. The lowest BCUT2D eigenvalue weighted by atomic mass is 10.1. The average molecular weight is 396 g/mol. The summed E-state index contributed by atoms with van der Waals surface area (Å²) in [6.45, 7) is 0. The van der Waals surface area contributed by atoms with Crippen molar-refractivity contribution in [2.75, 3.05) is 25.6 Å². The summed E-state index contributed by atoms with van der Waals surface area (Å²) in [5, 5.41) is 0.192. The second kappa shape index (κ2) is 6.99. The van der Waals surface area contributed by atoms with Crippen molar-refractivity contribution in [1.82, 2.24) is 4.31 Å². The largest absolute Gasteiger partial charge is 0.425 e. The van der Waals surface area contributed by atoms with Crippen LogP contribution in [0, 0.1) is 5.92 Å². The summed E-state index contributed by atoms with van der Waals surface area (Å²) in [6, 6.07) is 3.93. The third-order valence-corrected chi connectivity index (χ3v) is 7.58. The molecule has 0 saturated carbocycles. The third-order valence-electron chi connectivity index (χ3n) is 3.67. The predicted octanol–water partition coefficient (Wildman–Crippen LogP) is 1.32. The predicted molar refractivity (Wildman–Crippen MR) is 89.3 cm³/mol. The van der Waals surface area contributed by atoms with Gasteiger partial charge in [-0.25, -0.2) is 21.1 Å². The highest BCUT2D eigenvalue weighted by atomic mass is 35.5. The van der Waals surface area contributed by atoms with Crippen molar-refractivity contribution in [2.24, 2.45) is 5.92 Å². The number of hydrogen-bond acceptors (Lipinski definition) is 6. The number of halogens is 1. The maximum absolute atomic E-state index is 12.3. The molecule has 1 aromatic carbocycles. The zero-order chi connectivity index (χ0) is 18.1. The summed E-state index contributed by atoms with van der Waals surface area (Å²) in [4.78, 5) is 11.8. The van der Waals surface area contributed by atoms with Gasteiger partial charge >= 0.3 is 5.97 Å². The minimum Gasteiger partial charge on any atom is -0.425 e. The molecule has 7 nitrogen and oxygen atoms in total. The lowest BCUT2D eigenvalue weighted by Gasteiger charge is -2.16. The van der Waals surface area contributed by atoms with Crippen LogP contribution in [0.1, 0.15) is 12.8 Å². The Labute approximate surface area is 146 Å². The van der Waals surface area contributed by atoms with E-state index in [1.807, 2.05) is 0 Å². The van der Waals surface area contributed by atoms with E-state index in [1.54, 1.807) is 0 Å². The van der Waals surface area contributed by atoms with Crippen LogP contribution in [-0.4, -0.2) is 52.7 Å². The first kappa shape index (κ1) is 19.2. The van der Waals surface area contributed by atoms with Crippen LogP contribution in [0.5, 0.6) is 5.75 Å². The van der Waals surface area contributed by atoms with Crippen molar-refractivity contribution in [3.8, 4) is 5.75 Å². The molecule has 134 valence electrons. The van der Waals surface area contributed by atoms with Gasteiger partial charge in [0, 0.05) is 25.5 Å². The Bertz CT molecular complexity index is 848. The maximum atomic E-state index is 12.3. The molecule has 0 bridgehead atoms. The highest BCUT2D eigenvalue weighted by Gasteiger charge is 2.31. The van der Waals surface area contributed by atoms with E-state index in [-0.39, 0.29) is 39.5 Å². The number of carbonyl (C=O) groups excluding carboxylic acids is 1. The zero-order valence-corrected chi connectivity index (χ0v) is 15.6. The lowest BCUT2D eigenvalue weighted by Crippen LogP contribution is -2.24. The van der Waals surface area contributed by atoms with Gasteiger partial charge in [0.05, 0.1) is 11.5 Å². The number of esters is 1. The molecule has 1 unspecified atom stereocenters. The standard InChI is InChI=1S/C14H18ClNO6S2/c1-16(2)24(20,21)13-8-11(15)3-4-12(13)22-14(17)7-10-5-6-23(18,19)9-10/h3-4,8,10H,5-7,9H2,1-2H3. The Hall–Kier alpha value is -1.16. The zero-order valence-electron chi connectivity index (χ0n) is 13.2. The van der Waals surface area contributed by atoms with Gasteiger partial charge in [-0.3, -0.25) is 4.79 Å². The first-order valence-corrected chi connectivity index (χ1v) is 10.8. The first-order chi connectivity index (χ1) is 11.0. The topological polar surface area (TPSA) is 97.8 Å². The van der Waals surface area contributed by atoms with Gasteiger partial charge in [0.2, 0.25) is 10.0 Å². The van der Waals surface area contributed by atoms with Crippen LogP contribution < -0.4 is 4.74 Å². The summed E-state index contributed by atoms with van der Waals surface area (Å²) in [5.74, 6) is -1.09. The lowest BCUT2D eigenvalue weighted by molar-refractivity contribution is -0.135. The van der Waals surface area contributed by atoms with E-state index < -0.39 is 25.8 Å². The van der Waals surface area contributed by atoms with Crippen molar-refractivity contribution in [3.63, 3.8) is 0 Å². The van der Waals surface area contributed by atoms with Gasteiger partial charge in [0.1, 0.15) is 4.90 Å². The van der Waals surface area contributed by atoms with Crippen LogP contribution in [-0.2, 0) is 24.7 Å². The van der Waals surface area contributed by atoms with Crippen molar-refractivity contribution < 1.29 is 26.4 Å². The van der Waals surface area contributed by atoms with Gasteiger partial charge in [-0.05, 0) is 30.5 Å². The summed E-state index contributed by atoms with van der Waals surface area (Å²) in [5.41, 5.74) is 0. The molecule has 10 heteroatoms. The SMILES string of the molecule is CN(C)S(=O)(=O)c1cc(Cl)ccc1OC(=O)CC1CCS(=O)(=O)C1. The fourth-order valence-corrected chi connectivity index (χ4v) is 5.53. The van der Waals surface area contributed by atoms with Crippen molar-refractivity contribution in [3.05, 3.63) is 23.2 Å². The molecule has 1 fully saturated rings. The molecule has 1 atom stereocenters. The normalized spacial score (nSPS) is 20.2. The Morgan fingerprint density at radius 2 is 2.04 bits per heavy atom. The van der Waals surface area contributed by atoms with Crippen molar-refractivity contribution in [2.45, 2.75) is 17.7 Å². The van der Waals surface area contributed by atoms with Gasteiger partial charge in [-0.2, -0.15) is 0 Å². The Kier molecular flexibility index (Phi) is 5.58. The maximum Gasteiger partial charge on any atom is 0.311 e. The van der Waals surface area contributed by atoms with Crippen LogP contribution in [0.15, 0.2) is 23.1 Å². The molecule has 1 heterocycles. The first-order valence-electron chi connectivity index (χ1n) is 7.14. The van der Waals surface area contributed by atoms with Crippen LogP contribution in [0.4, 0.5) is 0 Å².